The zero-order valence-corrected chi connectivity index (χ0v) is 14.0. The molecule has 2 atom stereocenters. The molecular weight excluding hydrogens is 318 g/mol. The maximum atomic E-state index is 13.7. The molecule has 132 valence electrons. The van der Waals surface area contributed by atoms with Crippen molar-refractivity contribution in [3.63, 3.8) is 0 Å². The van der Waals surface area contributed by atoms with Crippen LogP contribution < -0.4 is 10.6 Å². The summed E-state index contributed by atoms with van der Waals surface area (Å²) in [6.45, 7) is 5.78. The van der Waals surface area contributed by atoms with Gasteiger partial charge in [0, 0.05) is 25.1 Å². The third-order valence-corrected chi connectivity index (χ3v) is 3.58. The van der Waals surface area contributed by atoms with E-state index >= 15 is 0 Å². The SMILES string of the molecule is CC(C)(C)OC(=O)NCCNC(=O)[C@@H]1C[C@H]1c1ccc(F)cc1F. The minimum atomic E-state index is -0.633. The number of hydrogen-bond acceptors (Lipinski definition) is 3. The highest BCUT2D eigenvalue weighted by Crippen LogP contribution is 2.48. The van der Waals surface area contributed by atoms with E-state index in [0.717, 1.165) is 6.07 Å². The molecule has 0 bridgehead atoms. The van der Waals surface area contributed by atoms with Gasteiger partial charge < -0.3 is 15.4 Å². The van der Waals surface area contributed by atoms with Crippen molar-refractivity contribution in [3.05, 3.63) is 35.4 Å². The van der Waals surface area contributed by atoms with Crippen molar-refractivity contribution < 1.29 is 23.1 Å². The fourth-order valence-electron chi connectivity index (χ4n) is 2.43. The van der Waals surface area contributed by atoms with Gasteiger partial charge in [0.15, 0.2) is 0 Å². The molecular formula is C17H22F2N2O3. The molecule has 1 aromatic carbocycles. The summed E-state index contributed by atoms with van der Waals surface area (Å²) in [6.07, 6.45) is -0.0112. The van der Waals surface area contributed by atoms with Crippen molar-refractivity contribution in [1.82, 2.24) is 10.6 Å². The van der Waals surface area contributed by atoms with E-state index in [1.807, 2.05) is 0 Å². The van der Waals surface area contributed by atoms with Crippen LogP contribution in [0, 0.1) is 17.6 Å². The average Bonchev–Trinajstić information content (AvgIpc) is 3.21. The van der Waals surface area contributed by atoms with Crippen LogP contribution >= 0.6 is 0 Å². The third kappa shape index (κ3) is 5.18. The molecule has 7 heteroatoms. The second kappa shape index (κ2) is 7.15. The minimum Gasteiger partial charge on any atom is -0.444 e. The Morgan fingerprint density at radius 2 is 1.88 bits per heavy atom. The molecule has 24 heavy (non-hydrogen) atoms. The second-order valence-electron chi connectivity index (χ2n) is 6.83. The van der Waals surface area contributed by atoms with Crippen LogP contribution in [0.25, 0.3) is 0 Å². The van der Waals surface area contributed by atoms with Gasteiger partial charge in [-0.15, -0.1) is 0 Å². The molecule has 0 spiro atoms. The number of halogens is 2. The van der Waals surface area contributed by atoms with Gasteiger partial charge >= 0.3 is 6.09 Å². The Bertz CT molecular complexity index is 629. The van der Waals surface area contributed by atoms with Gasteiger partial charge in [0.25, 0.3) is 0 Å². The lowest BCUT2D eigenvalue weighted by molar-refractivity contribution is -0.122. The summed E-state index contributed by atoms with van der Waals surface area (Å²) in [7, 11) is 0. The number of hydrogen-bond donors (Lipinski definition) is 2. The van der Waals surface area contributed by atoms with Gasteiger partial charge in [-0.2, -0.15) is 0 Å². The minimum absolute atomic E-state index is 0.199. The van der Waals surface area contributed by atoms with E-state index in [4.69, 9.17) is 4.74 Å². The number of benzene rings is 1. The van der Waals surface area contributed by atoms with Crippen LogP contribution in [0.2, 0.25) is 0 Å². The van der Waals surface area contributed by atoms with Gasteiger partial charge in [0.05, 0.1) is 0 Å². The number of amides is 2. The number of ether oxygens (including phenoxy) is 1. The molecule has 0 heterocycles. The predicted molar refractivity (Wildman–Crippen MR) is 84.5 cm³/mol. The summed E-state index contributed by atoms with van der Waals surface area (Å²) in [5, 5.41) is 5.22. The highest BCUT2D eigenvalue weighted by Gasteiger charge is 2.45. The smallest absolute Gasteiger partial charge is 0.407 e. The van der Waals surface area contributed by atoms with Gasteiger partial charge in [-0.05, 0) is 44.7 Å². The zero-order valence-electron chi connectivity index (χ0n) is 14.0. The lowest BCUT2D eigenvalue weighted by Crippen LogP contribution is -2.38. The quantitative estimate of drug-likeness (QED) is 0.810. The number of nitrogens with one attached hydrogen (secondary N) is 2. The summed E-state index contributed by atoms with van der Waals surface area (Å²) in [5.41, 5.74) is -0.211. The van der Waals surface area contributed by atoms with Gasteiger partial charge in [-0.1, -0.05) is 6.07 Å². The van der Waals surface area contributed by atoms with E-state index in [1.165, 1.54) is 12.1 Å². The fourth-order valence-corrected chi connectivity index (χ4v) is 2.43. The molecule has 2 amide bonds. The van der Waals surface area contributed by atoms with Gasteiger partial charge in [-0.25, -0.2) is 13.6 Å². The van der Waals surface area contributed by atoms with Gasteiger partial charge in [0.1, 0.15) is 17.2 Å². The Hall–Kier alpha value is -2.18. The monoisotopic (exact) mass is 340 g/mol. The van der Waals surface area contributed by atoms with Crippen LogP contribution in [0.3, 0.4) is 0 Å². The zero-order chi connectivity index (χ0) is 17.9. The van der Waals surface area contributed by atoms with E-state index in [9.17, 15) is 18.4 Å². The molecule has 5 nitrogen and oxygen atoms in total. The van der Waals surface area contributed by atoms with E-state index in [2.05, 4.69) is 10.6 Å². The molecule has 0 unspecified atom stereocenters. The maximum absolute atomic E-state index is 13.7. The van der Waals surface area contributed by atoms with Crippen molar-refractivity contribution >= 4 is 12.0 Å². The van der Waals surface area contributed by atoms with Crippen LogP contribution in [0.4, 0.5) is 13.6 Å². The van der Waals surface area contributed by atoms with E-state index < -0.39 is 23.3 Å². The highest BCUT2D eigenvalue weighted by molar-refractivity contribution is 5.83. The Balaban J connectivity index is 1.70. The molecule has 0 radical (unpaired) electrons. The lowest BCUT2D eigenvalue weighted by atomic mass is 10.1. The summed E-state index contributed by atoms with van der Waals surface area (Å²) >= 11 is 0. The fraction of sp³-hybridized carbons (Fsp3) is 0.529. The Morgan fingerprint density at radius 3 is 2.50 bits per heavy atom. The number of carbonyl (C=O) groups excluding carboxylic acids is 2. The van der Waals surface area contributed by atoms with Crippen LogP contribution in [0.15, 0.2) is 18.2 Å². The number of rotatable bonds is 5. The van der Waals surface area contributed by atoms with Crippen molar-refractivity contribution in [3.8, 4) is 0 Å². The van der Waals surface area contributed by atoms with E-state index in [1.54, 1.807) is 20.8 Å². The molecule has 0 aliphatic heterocycles. The Kier molecular flexibility index (Phi) is 5.41. The van der Waals surface area contributed by atoms with Crippen LogP contribution in [0.1, 0.15) is 38.7 Å². The first-order valence-electron chi connectivity index (χ1n) is 7.87. The third-order valence-electron chi connectivity index (χ3n) is 3.58. The summed E-state index contributed by atoms with van der Waals surface area (Å²) in [6, 6.07) is 3.40. The normalized spacial score (nSPS) is 19.5. The summed E-state index contributed by atoms with van der Waals surface area (Å²) in [4.78, 5) is 23.4. The lowest BCUT2D eigenvalue weighted by Gasteiger charge is -2.19. The molecule has 1 fully saturated rings. The Morgan fingerprint density at radius 1 is 1.21 bits per heavy atom. The molecule has 2 N–H and O–H groups in total. The molecule has 0 aromatic heterocycles. The molecule has 0 saturated heterocycles. The van der Waals surface area contributed by atoms with Crippen LogP contribution in [-0.2, 0) is 9.53 Å². The van der Waals surface area contributed by atoms with E-state index in [-0.39, 0.29) is 30.8 Å². The molecule has 2 rings (SSSR count). The van der Waals surface area contributed by atoms with Crippen molar-refractivity contribution in [1.29, 1.82) is 0 Å². The first-order valence-corrected chi connectivity index (χ1v) is 7.87. The number of alkyl carbamates (subject to hydrolysis) is 1. The highest BCUT2D eigenvalue weighted by atomic mass is 19.1. The second-order valence-corrected chi connectivity index (χ2v) is 6.83. The largest absolute Gasteiger partial charge is 0.444 e. The molecule has 1 aliphatic rings. The van der Waals surface area contributed by atoms with Gasteiger partial charge in [-0.3, -0.25) is 4.79 Å². The summed E-state index contributed by atoms with van der Waals surface area (Å²) < 4.78 is 31.6. The maximum Gasteiger partial charge on any atom is 0.407 e. The number of carbonyl (C=O) groups is 2. The van der Waals surface area contributed by atoms with Crippen molar-refractivity contribution in [2.45, 2.75) is 38.7 Å². The summed E-state index contributed by atoms with van der Waals surface area (Å²) in [5.74, 6) is -1.99. The predicted octanol–water partition coefficient (Wildman–Crippen LogP) is 2.71. The first kappa shape index (κ1) is 18.2. The van der Waals surface area contributed by atoms with Crippen molar-refractivity contribution in [2.75, 3.05) is 13.1 Å². The topological polar surface area (TPSA) is 67.4 Å². The van der Waals surface area contributed by atoms with E-state index in [0.29, 0.717) is 12.0 Å². The molecule has 1 aromatic rings. The molecule has 1 aliphatic carbocycles. The Labute approximate surface area is 139 Å². The average molecular weight is 340 g/mol. The standard InChI is InChI=1S/C17H22F2N2O3/c1-17(2,3)24-16(23)21-7-6-20-15(22)13-9-12(13)11-5-4-10(18)8-14(11)19/h4-5,8,12-13H,6-7,9H2,1-3H3,(H,20,22)(H,21,23)/t12-,13+/m0/s1. The first-order chi connectivity index (χ1) is 11.2. The van der Waals surface area contributed by atoms with Crippen molar-refractivity contribution in [2.24, 2.45) is 5.92 Å². The van der Waals surface area contributed by atoms with Crippen LogP contribution in [0.5, 0.6) is 0 Å². The van der Waals surface area contributed by atoms with Gasteiger partial charge in [0.2, 0.25) is 5.91 Å². The van der Waals surface area contributed by atoms with Crippen LogP contribution in [-0.4, -0.2) is 30.7 Å². The molecule has 1 saturated carbocycles.